The zero-order chi connectivity index (χ0) is 17.0. The normalized spacial score (nSPS) is 28.0. The summed E-state index contributed by atoms with van der Waals surface area (Å²) in [5, 5.41) is 8.96. The maximum Gasteiger partial charge on any atom is 0.145 e. The number of benzene rings is 1. The first-order valence-electron chi connectivity index (χ1n) is 8.97. The van der Waals surface area contributed by atoms with Crippen LogP contribution in [0.15, 0.2) is 22.7 Å². The number of rotatable bonds is 5. The van der Waals surface area contributed by atoms with Crippen molar-refractivity contribution in [3.63, 3.8) is 0 Å². The molecule has 2 aliphatic carbocycles. The number of nitrogens with one attached hydrogen (secondary N) is 1. The van der Waals surface area contributed by atoms with Crippen LogP contribution in [0.3, 0.4) is 0 Å². The zero-order valence-corrected chi connectivity index (χ0v) is 15.3. The van der Waals surface area contributed by atoms with E-state index in [0.29, 0.717) is 40.5 Å². The van der Waals surface area contributed by atoms with Gasteiger partial charge in [0.15, 0.2) is 0 Å². The summed E-state index contributed by atoms with van der Waals surface area (Å²) in [7, 11) is 0. The van der Waals surface area contributed by atoms with E-state index in [4.69, 9.17) is 32.5 Å². The maximum atomic E-state index is 6.40. The van der Waals surface area contributed by atoms with Crippen molar-refractivity contribution in [2.45, 2.75) is 37.9 Å². The van der Waals surface area contributed by atoms with E-state index in [0.717, 1.165) is 48.5 Å². The standard InChI is InChI=1S/C19H20Cl2N2O2/c20-14-2-1-3-15(21)16(14)17-13(19(25-23-17)10-4-5-10)9-24-18-11-6-12(18)8-22-7-11/h1-3,10-12,18,22H,4-9H2. The lowest BCUT2D eigenvalue weighted by Crippen LogP contribution is -2.57. The van der Waals surface area contributed by atoms with Crippen molar-refractivity contribution in [2.75, 3.05) is 13.1 Å². The van der Waals surface area contributed by atoms with Gasteiger partial charge < -0.3 is 14.6 Å². The van der Waals surface area contributed by atoms with Crippen molar-refractivity contribution in [2.24, 2.45) is 11.8 Å². The fourth-order valence-corrected chi connectivity index (χ4v) is 4.78. The lowest BCUT2D eigenvalue weighted by Gasteiger charge is -2.49. The predicted molar refractivity (Wildman–Crippen MR) is 97.0 cm³/mol. The van der Waals surface area contributed by atoms with E-state index in [9.17, 15) is 0 Å². The van der Waals surface area contributed by atoms with Gasteiger partial charge >= 0.3 is 0 Å². The van der Waals surface area contributed by atoms with E-state index in [2.05, 4.69) is 10.5 Å². The van der Waals surface area contributed by atoms with Gasteiger partial charge in [-0.15, -0.1) is 0 Å². The summed E-state index contributed by atoms with van der Waals surface area (Å²) in [6.45, 7) is 2.64. The van der Waals surface area contributed by atoms with Gasteiger partial charge in [0.05, 0.1) is 22.8 Å². The molecule has 2 atom stereocenters. The number of halogens is 2. The van der Waals surface area contributed by atoms with E-state index in [1.807, 2.05) is 18.2 Å². The zero-order valence-electron chi connectivity index (χ0n) is 13.8. The molecule has 1 aromatic carbocycles. The van der Waals surface area contributed by atoms with Crippen molar-refractivity contribution in [3.8, 4) is 11.3 Å². The van der Waals surface area contributed by atoms with Crippen LogP contribution in [-0.2, 0) is 11.3 Å². The van der Waals surface area contributed by atoms with Crippen molar-refractivity contribution in [1.82, 2.24) is 10.5 Å². The largest absolute Gasteiger partial charge is 0.373 e. The van der Waals surface area contributed by atoms with Crippen LogP contribution in [0.2, 0.25) is 10.0 Å². The Bertz CT molecular complexity index is 768. The molecular formula is C19H20Cl2N2O2. The highest BCUT2D eigenvalue weighted by molar-refractivity contribution is 6.39. The van der Waals surface area contributed by atoms with Crippen molar-refractivity contribution in [3.05, 3.63) is 39.6 Å². The van der Waals surface area contributed by atoms with Crippen LogP contribution in [0, 0.1) is 11.8 Å². The third-order valence-corrected chi connectivity index (χ3v) is 6.36. The minimum Gasteiger partial charge on any atom is -0.373 e. The van der Waals surface area contributed by atoms with Gasteiger partial charge in [-0.3, -0.25) is 0 Å². The number of ether oxygens (including phenoxy) is 1. The Kier molecular flexibility index (Phi) is 4.05. The van der Waals surface area contributed by atoms with Gasteiger partial charge in [0.2, 0.25) is 0 Å². The third kappa shape index (κ3) is 2.80. The Morgan fingerprint density at radius 3 is 2.52 bits per heavy atom. The van der Waals surface area contributed by atoms with Crippen molar-refractivity contribution < 1.29 is 9.26 Å². The van der Waals surface area contributed by atoms with E-state index >= 15 is 0 Å². The molecule has 1 N–H and O–H groups in total. The summed E-state index contributed by atoms with van der Waals surface area (Å²) < 4.78 is 12.0. The fourth-order valence-electron chi connectivity index (χ4n) is 4.20. The Morgan fingerprint density at radius 2 is 1.88 bits per heavy atom. The summed E-state index contributed by atoms with van der Waals surface area (Å²) in [5.74, 6) is 2.68. The number of aromatic nitrogens is 1. The number of nitrogens with zero attached hydrogens (tertiary/aromatic N) is 1. The molecule has 25 heavy (non-hydrogen) atoms. The van der Waals surface area contributed by atoms with Gasteiger partial charge in [0.25, 0.3) is 0 Å². The van der Waals surface area contributed by atoms with Gasteiger partial charge in [0.1, 0.15) is 11.5 Å². The highest BCUT2D eigenvalue weighted by Crippen LogP contribution is 2.47. The van der Waals surface area contributed by atoms with Crippen LogP contribution in [-0.4, -0.2) is 24.4 Å². The number of piperidine rings is 2. The number of fused-ring (bicyclic) bond motifs is 2. The molecule has 132 valence electrons. The molecule has 4 nitrogen and oxygen atoms in total. The molecule has 2 saturated carbocycles. The monoisotopic (exact) mass is 378 g/mol. The first kappa shape index (κ1) is 16.1. The predicted octanol–water partition coefficient (Wildman–Crippen LogP) is 4.65. The van der Waals surface area contributed by atoms with Gasteiger partial charge in [-0.1, -0.05) is 34.4 Å². The molecule has 2 unspecified atom stereocenters. The molecule has 2 bridgehead atoms. The Hall–Kier alpha value is -1.07. The molecule has 6 heteroatoms. The highest BCUT2D eigenvalue weighted by atomic mass is 35.5. The van der Waals surface area contributed by atoms with Gasteiger partial charge in [-0.05, 0) is 43.2 Å². The van der Waals surface area contributed by atoms with Crippen LogP contribution < -0.4 is 5.32 Å². The molecule has 1 aliphatic heterocycles. The summed E-state index contributed by atoms with van der Waals surface area (Å²) in [5.41, 5.74) is 2.51. The lowest BCUT2D eigenvalue weighted by molar-refractivity contribution is -0.118. The third-order valence-electron chi connectivity index (χ3n) is 5.73. The molecule has 2 heterocycles. The van der Waals surface area contributed by atoms with Gasteiger partial charge in [0, 0.05) is 30.1 Å². The van der Waals surface area contributed by atoms with E-state index in [-0.39, 0.29) is 0 Å². The molecular weight excluding hydrogens is 359 g/mol. The molecule has 1 aromatic heterocycles. The first-order valence-corrected chi connectivity index (χ1v) is 9.73. The molecule has 0 radical (unpaired) electrons. The minimum absolute atomic E-state index is 0.345. The van der Waals surface area contributed by atoms with Gasteiger partial charge in [-0.25, -0.2) is 0 Å². The fraction of sp³-hybridized carbons (Fsp3) is 0.526. The molecule has 1 saturated heterocycles. The van der Waals surface area contributed by atoms with E-state index in [1.54, 1.807) is 0 Å². The number of hydrogen-bond acceptors (Lipinski definition) is 4. The first-order chi connectivity index (χ1) is 12.2. The second kappa shape index (κ2) is 6.27. The topological polar surface area (TPSA) is 47.3 Å². The second-order valence-corrected chi connectivity index (χ2v) is 8.25. The summed E-state index contributed by atoms with van der Waals surface area (Å²) in [6, 6.07) is 5.51. The minimum atomic E-state index is 0.345. The Labute approximate surface area is 156 Å². The molecule has 5 rings (SSSR count). The quantitative estimate of drug-likeness (QED) is 0.822. The summed E-state index contributed by atoms with van der Waals surface area (Å²) >= 11 is 12.8. The van der Waals surface area contributed by atoms with Gasteiger partial charge in [-0.2, -0.15) is 0 Å². The molecule has 3 aliphatic rings. The Balaban J connectivity index is 1.46. The highest BCUT2D eigenvalue weighted by Gasteiger charge is 2.45. The van der Waals surface area contributed by atoms with Crippen LogP contribution in [0.25, 0.3) is 11.3 Å². The average molecular weight is 379 g/mol. The van der Waals surface area contributed by atoms with Crippen molar-refractivity contribution >= 4 is 23.2 Å². The van der Waals surface area contributed by atoms with E-state index in [1.165, 1.54) is 6.42 Å². The van der Waals surface area contributed by atoms with Crippen LogP contribution >= 0.6 is 23.2 Å². The maximum absolute atomic E-state index is 6.40. The lowest BCUT2D eigenvalue weighted by atomic mass is 9.69. The van der Waals surface area contributed by atoms with Crippen molar-refractivity contribution in [1.29, 1.82) is 0 Å². The smallest absolute Gasteiger partial charge is 0.145 e. The summed E-state index contributed by atoms with van der Waals surface area (Å²) in [6.07, 6.45) is 3.92. The van der Waals surface area contributed by atoms with Crippen LogP contribution in [0.5, 0.6) is 0 Å². The van der Waals surface area contributed by atoms with E-state index < -0.39 is 0 Å². The SMILES string of the molecule is Clc1cccc(Cl)c1-c1noc(C2CC2)c1COC1C2CNCC1C2. The second-order valence-electron chi connectivity index (χ2n) is 7.43. The molecule has 0 amide bonds. The average Bonchev–Trinajstić information content (AvgIpc) is 3.37. The van der Waals surface area contributed by atoms with Crippen LogP contribution in [0.1, 0.15) is 36.5 Å². The molecule has 2 aromatic rings. The number of hydrogen-bond donors (Lipinski definition) is 1. The Morgan fingerprint density at radius 1 is 1.16 bits per heavy atom. The van der Waals surface area contributed by atoms with Crippen LogP contribution in [0.4, 0.5) is 0 Å². The molecule has 3 fully saturated rings. The molecule has 0 spiro atoms. The summed E-state index contributed by atoms with van der Waals surface area (Å²) in [4.78, 5) is 0.